The average molecular weight is 222 g/mol. The van der Waals surface area contributed by atoms with Crippen LogP contribution in [-0.4, -0.2) is 18.3 Å². The zero-order valence-corrected chi connectivity index (χ0v) is 10.2. The molecule has 3 nitrogen and oxygen atoms in total. The van der Waals surface area contributed by atoms with Gasteiger partial charge in [0.05, 0.1) is 0 Å². The van der Waals surface area contributed by atoms with Gasteiger partial charge in [-0.05, 0) is 37.0 Å². The highest BCUT2D eigenvalue weighted by Gasteiger charge is 2.06. The molecule has 16 heavy (non-hydrogen) atoms. The Morgan fingerprint density at radius 3 is 2.81 bits per heavy atom. The lowest BCUT2D eigenvalue weighted by atomic mass is 10.0. The van der Waals surface area contributed by atoms with Crippen LogP contribution in [0.5, 0.6) is 0 Å². The van der Waals surface area contributed by atoms with Crippen LogP contribution in [0.3, 0.4) is 0 Å². The minimum Gasteiger partial charge on any atom is -0.398 e. The molecule has 90 valence electrons. The molecular formula is C13H22N2O. The SMILES string of the molecule is CCC(CCO)CNc1cccc(N)c1C. The van der Waals surface area contributed by atoms with E-state index >= 15 is 0 Å². The van der Waals surface area contributed by atoms with Gasteiger partial charge in [0.25, 0.3) is 0 Å². The summed E-state index contributed by atoms with van der Waals surface area (Å²) in [5, 5.41) is 12.3. The Morgan fingerprint density at radius 2 is 2.19 bits per heavy atom. The molecule has 4 N–H and O–H groups in total. The second kappa shape index (κ2) is 6.38. The monoisotopic (exact) mass is 222 g/mol. The van der Waals surface area contributed by atoms with E-state index in [0.29, 0.717) is 5.92 Å². The molecule has 0 radical (unpaired) electrons. The van der Waals surface area contributed by atoms with Crippen LogP contribution in [-0.2, 0) is 0 Å². The van der Waals surface area contributed by atoms with Crippen LogP contribution in [0.1, 0.15) is 25.3 Å². The Morgan fingerprint density at radius 1 is 1.44 bits per heavy atom. The number of aliphatic hydroxyl groups excluding tert-OH is 1. The van der Waals surface area contributed by atoms with Crippen LogP contribution in [0.2, 0.25) is 0 Å². The highest BCUT2D eigenvalue weighted by molar-refractivity contribution is 5.62. The summed E-state index contributed by atoms with van der Waals surface area (Å²) in [7, 11) is 0. The summed E-state index contributed by atoms with van der Waals surface area (Å²) in [6.45, 7) is 5.32. The van der Waals surface area contributed by atoms with Crippen LogP contribution in [0.4, 0.5) is 11.4 Å². The van der Waals surface area contributed by atoms with Gasteiger partial charge in [-0.15, -0.1) is 0 Å². The van der Waals surface area contributed by atoms with Gasteiger partial charge in [-0.3, -0.25) is 0 Å². The summed E-state index contributed by atoms with van der Waals surface area (Å²) in [6.07, 6.45) is 1.93. The number of nitrogen functional groups attached to an aromatic ring is 1. The standard InChI is InChI=1S/C13H22N2O/c1-3-11(7-8-16)9-15-13-6-4-5-12(14)10(13)2/h4-6,11,15-16H,3,7-9,14H2,1-2H3. The molecule has 0 bridgehead atoms. The van der Waals surface area contributed by atoms with Crippen molar-refractivity contribution in [3.8, 4) is 0 Å². The number of rotatable bonds is 6. The van der Waals surface area contributed by atoms with Gasteiger partial charge in [0.1, 0.15) is 0 Å². The lowest BCUT2D eigenvalue weighted by Gasteiger charge is -2.17. The maximum absolute atomic E-state index is 8.92. The van der Waals surface area contributed by atoms with E-state index in [1.54, 1.807) is 0 Å². The Balaban J connectivity index is 2.56. The molecule has 0 saturated heterocycles. The van der Waals surface area contributed by atoms with E-state index in [-0.39, 0.29) is 6.61 Å². The number of benzene rings is 1. The van der Waals surface area contributed by atoms with Gasteiger partial charge >= 0.3 is 0 Å². The van der Waals surface area contributed by atoms with Crippen LogP contribution >= 0.6 is 0 Å². The largest absolute Gasteiger partial charge is 0.398 e. The van der Waals surface area contributed by atoms with Gasteiger partial charge in [0.2, 0.25) is 0 Å². The Kier molecular flexibility index (Phi) is 5.12. The van der Waals surface area contributed by atoms with Gasteiger partial charge < -0.3 is 16.2 Å². The van der Waals surface area contributed by atoms with Crippen molar-refractivity contribution < 1.29 is 5.11 Å². The fourth-order valence-corrected chi connectivity index (χ4v) is 1.73. The van der Waals surface area contributed by atoms with E-state index in [0.717, 1.165) is 36.3 Å². The second-order valence-electron chi connectivity index (χ2n) is 4.19. The first kappa shape index (κ1) is 12.8. The van der Waals surface area contributed by atoms with Gasteiger partial charge in [-0.2, -0.15) is 0 Å². The summed E-state index contributed by atoms with van der Waals surface area (Å²) in [4.78, 5) is 0. The number of nitrogens with one attached hydrogen (secondary N) is 1. The highest BCUT2D eigenvalue weighted by atomic mass is 16.3. The van der Waals surface area contributed by atoms with Gasteiger partial charge in [0.15, 0.2) is 0 Å². The van der Waals surface area contributed by atoms with E-state index in [2.05, 4.69) is 12.2 Å². The third-order valence-electron chi connectivity index (χ3n) is 3.07. The average Bonchev–Trinajstić information content (AvgIpc) is 2.29. The van der Waals surface area contributed by atoms with E-state index in [1.807, 2.05) is 25.1 Å². The number of anilines is 2. The van der Waals surface area contributed by atoms with E-state index < -0.39 is 0 Å². The molecule has 1 aromatic carbocycles. The molecule has 0 fully saturated rings. The Labute approximate surface area is 97.7 Å². The Bertz CT molecular complexity index is 326. The molecule has 1 unspecified atom stereocenters. The molecule has 0 aliphatic heterocycles. The van der Waals surface area contributed by atoms with Crippen LogP contribution in [0.15, 0.2) is 18.2 Å². The topological polar surface area (TPSA) is 58.3 Å². The highest BCUT2D eigenvalue weighted by Crippen LogP contribution is 2.21. The molecule has 1 aromatic rings. The zero-order chi connectivity index (χ0) is 12.0. The van der Waals surface area contributed by atoms with Crippen molar-refractivity contribution in [2.45, 2.75) is 26.7 Å². The fourth-order valence-electron chi connectivity index (χ4n) is 1.73. The summed E-state index contributed by atoms with van der Waals surface area (Å²) in [5.41, 5.74) is 8.85. The first-order chi connectivity index (χ1) is 7.69. The molecule has 1 rings (SSSR count). The summed E-state index contributed by atoms with van der Waals surface area (Å²) >= 11 is 0. The summed E-state index contributed by atoms with van der Waals surface area (Å²) < 4.78 is 0. The summed E-state index contributed by atoms with van der Waals surface area (Å²) in [6, 6.07) is 5.90. The van der Waals surface area contributed by atoms with E-state index in [4.69, 9.17) is 10.8 Å². The molecule has 0 heterocycles. The molecule has 0 amide bonds. The van der Waals surface area contributed by atoms with Gasteiger partial charge in [0, 0.05) is 24.5 Å². The summed E-state index contributed by atoms with van der Waals surface area (Å²) in [5.74, 6) is 0.519. The maximum atomic E-state index is 8.92. The predicted octanol–water partition coefficient (Wildman–Crippen LogP) is 2.40. The van der Waals surface area contributed by atoms with Crippen molar-refractivity contribution in [2.24, 2.45) is 5.92 Å². The van der Waals surface area contributed by atoms with Gasteiger partial charge in [-0.1, -0.05) is 19.4 Å². The zero-order valence-electron chi connectivity index (χ0n) is 10.2. The third kappa shape index (κ3) is 3.42. The van der Waals surface area contributed by atoms with Crippen LogP contribution in [0.25, 0.3) is 0 Å². The van der Waals surface area contributed by atoms with Crippen molar-refractivity contribution in [3.63, 3.8) is 0 Å². The predicted molar refractivity (Wildman–Crippen MR) is 69.6 cm³/mol. The molecule has 1 atom stereocenters. The van der Waals surface area contributed by atoms with E-state index in [1.165, 1.54) is 0 Å². The van der Waals surface area contributed by atoms with Gasteiger partial charge in [-0.25, -0.2) is 0 Å². The molecule has 0 spiro atoms. The quantitative estimate of drug-likeness (QED) is 0.648. The lowest BCUT2D eigenvalue weighted by Crippen LogP contribution is -2.15. The van der Waals surface area contributed by atoms with E-state index in [9.17, 15) is 0 Å². The molecule has 0 aliphatic carbocycles. The smallest absolute Gasteiger partial charge is 0.0434 e. The molecular weight excluding hydrogens is 200 g/mol. The minimum atomic E-state index is 0.260. The first-order valence-electron chi connectivity index (χ1n) is 5.88. The Hall–Kier alpha value is -1.22. The minimum absolute atomic E-state index is 0.260. The van der Waals surface area contributed by atoms with Crippen molar-refractivity contribution in [2.75, 3.05) is 24.2 Å². The lowest BCUT2D eigenvalue weighted by molar-refractivity contribution is 0.258. The maximum Gasteiger partial charge on any atom is 0.0434 e. The van der Waals surface area contributed by atoms with Crippen molar-refractivity contribution >= 4 is 11.4 Å². The number of hydrogen-bond donors (Lipinski definition) is 3. The fraction of sp³-hybridized carbons (Fsp3) is 0.538. The van der Waals surface area contributed by atoms with Crippen molar-refractivity contribution in [1.29, 1.82) is 0 Å². The third-order valence-corrected chi connectivity index (χ3v) is 3.07. The molecule has 3 heteroatoms. The molecule has 0 aromatic heterocycles. The second-order valence-corrected chi connectivity index (χ2v) is 4.19. The number of hydrogen-bond acceptors (Lipinski definition) is 3. The van der Waals surface area contributed by atoms with Crippen LogP contribution in [0, 0.1) is 12.8 Å². The molecule has 0 aliphatic rings. The van der Waals surface area contributed by atoms with Crippen molar-refractivity contribution in [1.82, 2.24) is 0 Å². The molecule has 0 saturated carbocycles. The number of aliphatic hydroxyl groups is 1. The first-order valence-corrected chi connectivity index (χ1v) is 5.88. The number of nitrogens with two attached hydrogens (primary N) is 1. The van der Waals surface area contributed by atoms with Crippen molar-refractivity contribution in [3.05, 3.63) is 23.8 Å². The van der Waals surface area contributed by atoms with Crippen LogP contribution < -0.4 is 11.1 Å². The normalized spacial score (nSPS) is 12.4.